The zero-order valence-electron chi connectivity index (χ0n) is 17.5. The summed E-state index contributed by atoms with van der Waals surface area (Å²) in [5, 5.41) is 5.89. The number of hydrogen-bond acceptors (Lipinski definition) is 4. The van der Waals surface area contributed by atoms with Gasteiger partial charge in [-0.15, -0.1) is 0 Å². The van der Waals surface area contributed by atoms with Gasteiger partial charge in [-0.05, 0) is 53.9 Å². The van der Waals surface area contributed by atoms with Gasteiger partial charge in [0.05, 0.1) is 11.4 Å². The van der Waals surface area contributed by atoms with Crippen molar-refractivity contribution >= 4 is 28.9 Å². The summed E-state index contributed by atoms with van der Waals surface area (Å²) < 4.78 is 0. The number of hydrogen-bond donors (Lipinski definition) is 3. The van der Waals surface area contributed by atoms with E-state index in [2.05, 4.69) is 15.5 Å². The van der Waals surface area contributed by atoms with Crippen molar-refractivity contribution in [3.8, 4) is 11.1 Å². The van der Waals surface area contributed by atoms with Gasteiger partial charge < -0.3 is 21.3 Å². The Morgan fingerprint density at radius 2 is 1.71 bits per heavy atom. The first kappa shape index (κ1) is 20.5. The minimum Gasteiger partial charge on any atom is -0.397 e. The van der Waals surface area contributed by atoms with E-state index in [-0.39, 0.29) is 17.9 Å². The van der Waals surface area contributed by atoms with E-state index in [1.807, 2.05) is 66.7 Å². The minimum atomic E-state index is -0.207. The molecule has 1 aliphatic heterocycles. The lowest BCUT2D eigenvalue weighted by atomic mass is 10.0. The van der Waals surface area contributed by atoms with E-state index in [0.29, 0.717) is 16.9 Å². The van der Waals surface area contributed by atoms with Crippen molar-refractivity contribution in [1.82, 2.24) is 5.32 Å². The topological polar surface area (TPSA) is 87.5 Å². The standard InChI is InChI=1S/C25H26N4O2/c1-17(30)27-21-13-14-29(16-21)22-10-7-19(8-11-22)25(31)28-24-15-20(9-12-23(24)26)18-5-3-2-4-6-18/h2-12,15,21H,13-14,16,26H2,1H3,(H,27,30)(H,28,31). The van der Waals surface area contributed by atoms with E-state index in [0.717, 1.165) is 36.3 Å². The third-order valence-electron chi connectivity index (χ3n) is 5.50. The van der Waals surface area contributed by atoms with Crippen LogP contribution in [0.25, 0.3) is 11.1 Å². The van der Waals surface area contributed by atoms with Crippen LogP contribution in [0.4, 0.5) is 17.1 Å². The van der Waals surface area contributed by atoms with Crippen LogP contribution in [0.3, 0.4) is 0 Å². The molecule has 1 fully saturated rings. The van der Waals surface area contributed by atoms with Crippen molar-refractivity contribution in [3.05, 3.63) is 78.4 Å². The molecule has 0 aromatic heterocycles. The molecular weight excluding hydrogens is 388 g/mol. The van der Waals surface area contributed by atoms with Gasteiger partial charge in [-0.3, -0.25) is 9.59 Å². The van der Waals surface area contributed by atoms with E-state index in [1.165, 1.54) is 0 Å². The predicted molar refractivity (Wildman–Crippen MR) is 125 cm³/mol. The Morgan fingerprint density at radius 3 is 2.42 bits per heavy atom. The van der Waals surface area contributed by atoms with Crippen LogP contribution in [0.2, 0.25) is 0 Å². The lowest BCUT2D eigenvalue weighted by molar-refractivity contribution is -0.119. The minimum absolute atomic E-state index is 0.00512. The van der Waals surface area contributed by atoms with Gasteiger partial charge in [0, 0.05) is 37.3 Å². The van der Waals surface area contributed by atoms with Gasteiger partial charge in [0.15, 0.2) is 0 Å². The second-order valence-corrected chi connectivity index (χ2v) is 7.80. The largest absolute Gasteiger partial charge is 0.397 e. The van der Waals surface area contributed by atoms with E-state index >= 15 is 0 Å². The summed E-state index contributed by atoms with van der Waals surface area (Å²) in [5.41, 5.74) is 10.9. The zero-order valence-corrected chi connectivity index (χ0v) is 17.5. The van der Waals surface area contributed by atoms with Gasteiger partial charge in [0.2, 0.25) is 5.91 Å². The molecule has 6 heteroatoms. The Kier molecular flexibility index (Phi) is 5.89. The van der Waals surface area contributed by atoms with Crippen molar-refractivity contribution in [3.63, 3.8) is 0 Å². The van der Waals surface area contributed by atoms with Crippen LogP contribution >= 0.6 is 0 Å². The van der Waals surface area contributed by atoms with Crippen LogP contribution in [0.1, 0.15) is 23.7 Å². The summed E-state index contributed by atoms with van der Waals surface area (Å²) in [6, 6.07) is 23.3. The van der Waals surface area contributed by atoms with Gasteiger partial charge in [-0.1, -0.05) is 36.4 Å². The maximum atomic E-state index is 12.8. The molecule has 0 aliphatic carbocycles. The first-order chi connectivity index (χ1) is 15.0. The van der Waals surface area contributed by atoms with E-state index in [4.69, 9.17) is 5.73 Å². The van der Waals surface area contributed by atoms with Crippen LogP contribution in [0.15, 0.2) is 72.8 Å². The van der Waals surface area contributed by atoms with Crippen molar-refractivity contribution in [2.75, 3.05) is 29.0 Å². The summed E-state index contributed by atoms with van der Waals surface area (Å²) in [5.74, 6) is -0.213. The average molecular weight is 415 g/mol. The normalized spacial score (nSPS) is 15.5. The number of nitrogen functional groups attached to an aromatic ring is 1. The van der Waals surface area contributed by atoms with E-state index in [1.54, 1.807) is 13.0 Å². The van der Waals surface area contributed by atoms with Crippen molar-refractivity contribution in [2.45, 2.75) is 19.4 Å². The third-order valence-corrected chi connectivity index (χ3v) is 5.50. The molecule has 6 nitrogen and oxygen atoms in total. The van der Waals surface area contributed by atoms with Gasteiger partial charge in [-0.25, -0.2) is 0 Å². The summed E-state index contributed by atoms with van der Waals surface area (Å²) in [6.07, 6.45) is 0.916. The first-order valence-corrected chi connectivity index (χ1v) is 10.4. The molecule has 1 atom stereocenters. The Balaban J connectivity index is 1.44. The van der Waals surface area contributed by atoms with Crippen LogP contribution < -0.4 is 21.3 Å². The predicted octanol–water partition coefficient (Wildman–Crippen LogP) is 3.90. The van der Waals surface area contributed by atoms with Gasteiger partial charge in [0.25, 0.3) is 5.91 Å². The Bertz CT molecular complexity index is 1080. The number of carbonyl (C=O) groups is 2. The molecule has 3 aromatic carbocycles. The highest BCUT2D eigenvalue weighted by molar-refractivity contribution is 6.06. The lowest BCUT2D eigenvalue weighted by Gasteiger charge is -2.19. The fraction of sp³-hybridized carbons (Fsp3) is 0.200. The van der Waals surface area contributed by atoms with Crippen LogP contribution in [0, 0.1) is 0 Å². The highest BCUT2D eigenvalue weighted by Crippen LogP contribution is 2.28. The molecule has 1 saturated heterocycles. The third kappa shape index (κ3) is 4.86. The number of carbonyl (C=O) groups excluding carboxylic acids is 2. The zero-order chi connectivity index (χ0) is 21.8. The molecular formula is C25H26N4O2. The summed E-state index contributed by atoms with van der Waals surface area (Å²) in [4.78, 5) is 26.3. The maximum absolute atomic E-state index is 12.8. The molecule has 0 spiro atoms. The van der Waals surface area contributed by atoms with Crippen LogP contribution in [0.5, 0.6) is 0 Å². The fourth-order valence-corrected chi connectivity index (χ4v) is 3.89. The highest BCUT2D eigenvalue weighted by atomic mass is 16.2. The Hall–Kier alpha value is -3.80. The number of nitrogens with one attached hydrogen (secondary N) is 2. The van der Waals surface area contributed by atoms with Crippen molar-refractivity contribution in [2.24, 2.45) is 0 Å². The number of nitrogens with zero attached hydrogens (tertiary/aromatic N) is 1. The molecule has 1 unspecified atom stereocenters. The number of benzene rings is 3. The Morgan fingerprint density at radius 1 is 0.968 bits per heavy atom. The van der Waals surface area contributed by atoms with Gasteiger partial charge in [0.1, 0.15) is 0 Å². The van der Waals surface area contributed by atoms with Crippen molar-refractivity contribution < 1.29 is 9.59 Å². The molecule has 2 amide bonds. The second-order valence-electron chi connectivity index (χ2n) is 7.80. The smallest absolute Gasteiger partial charge is 0.255 e. The van der Waals surface area contributed by atoms with Crippen LogP contribution in [-0.2, 0) is 4.79 Å². The molecule has 158 valence electrons. The molecule has 4 rings (SSSR count). The molecule has 0 radical (unpaired) electrons. The van der Waals surface area contributed by atoms with Crippen molar-refractivity contribution in [1.29, 1.82) is 0 Å². The molecule has 1 aliphatic rings. The summed E-state index contributed by atoms with van der Waals surface area (Å²) >= 11 is 0. The van der Waals surface area contributed by atoms with E-state index in [9.17, 15) is 9.59 Å². The number of amides is 2. The number of nitrogens with two attached hydrogens (primary N) is 1. The summed E-state index contributed by atoms with van der Waals surface area (Å²) in [7, 11) is 0. The fourth-order valence-electron chi connectivity index (χ4n) is 3.89. The lowest BCUT2D eigenvalue weighted by Crippen LogP contribution is -2.35. The SMILES string of the molecule is CC(=O)NC1CCN(c2ccc(C(=O)Nc3cc(-c4ccccc4)ccc3N)cc2)C1. The molecule has 4 N–H and O–H groups in total. The highest BCUT2D eigenvalue weighted by Gasteiger charge is 2.23. The number of rotatable bonds is 5. The quantitative estimate of drug-likeness (QED) is 0.553. The molecule has 31 heavy (non-hydrogen) atoms. The van der Waals surface area contributed by atoms with Gasteiger partial charge >= 0.3 is 0 Å². The molecule has 0 saturated carbocycles. The summed E-state index contributed by atoms with van der Waals surface area (Å²) in [6.45, 7) is 3.19. The maximum Gasteiger partial charge on any atom is 0.255 e. The van der Waals surface area contributed by atoms with Gasteiger partial charge in [-0.2, -0.15) is 0 Å². The molecule has 0 bridgehead atoms. The monoisotopic (exact) mass is 414 g/mol. The van der Waals surface area contributed by atoms with Crippen LogP contribution in [-0.4, -0.2) is 30.9 Å². The number of anilines is 3. The molecule has 1 heterocycles. The average Bonchev–Trinajstić information content (AvgIpc) is 3.23. The Labute approximate surface area is 182 Å². The first-order valence-electron chi connectivity index (χ1n) is 10.4. The second kappa shape index (κ2) is 8.92. The van der Waals surface area contributed by atoms with E-state index < -0.39 is 0 Å². The molecule has 3 aromatic rings.